The van der Waals surface area contributed by atoms with Gasteiger partial charge in [-0.3, -0.25) is 0 Å². The molecule has 0 N–H and O–H groups in total. The zero-order chi connectivity index (χ0) is 12.2. The van der Waals surface area contributed by atoms with Crippen LogP contribution in [0, 0.1) is 0 Å². The molecular formula is C11H21BN2O2. The minimum Gasteiger partial charge on any atom is -0.403 e. The van der Waals surface area contributed by atoms with Crippen molar-refractivity contribution in [2.45, 2.75) is 51.1 Å². The first-order valence-corrected chi connectivity index (χ1v) is 5.78. The lowest BCUT2D eigenvalue weighted by Crippen LogP contribution is -2.41. The van der Waals surface area contributed by atoms with Crippen molar-refractivity contribution in [1.29, 1.82) is 0 Å². The van der Waals surface area contributed by atoms with Crippen molar-refractivity contribution in [2.24, 2.45) is 5.10 Å². The fourth-order valence-corrected chi connectivity index (χ4v) is 2.05. The molecule has 0 aromatic carbocycles. The predicted octanol–water partition coefficient (Wildman–Crippen LogP) is 1.77. The molecule has 2 aliphatic heterocycles. The molecule has 1 atom stereocenters. The summed E-state index contributed by atoms with van der Waals surface area (Å²) in [6, 6.07) is 0. The third-order valence-corrected chi connectivity index (χ3v) is 3.91. The van der Waals surface area contributed by atoms with E-state index in [0.29, 0.717) is 0 Å². The largest absolute Gasteiger partial charge is 0.471 e. The van der Waals surface area contributed by atoms with Gasteiger partial charge in [-0.15, -0.1) is 0 Å². The van der Waals surface area contributed by atoms with Crippen molar-refractivity contribution in [2.75, 3.05) is 13.6 Å². The van der Waals surface area contributed by atoms with Crippen molar-refractivity contribution in [1.82, 2.24) is 5.01 Å². The molecule has 0 unspecified atom stereocenters. The summed E-state index contributed by atoms with van der Waals surface area (Å²) in [5, 5.41) is 6.05. The average Bonchev–Trinajstić information content (AvgIpc) is 2.54. The van der Waals surface area contributed by atoms with Gasteiger partial charge in [0.05, 0.1) is 16.5 Å². The quantitative estimate of drug-likeness (QED) is 0.636. The van der Waals surface area contributed by atoms with Crippen LogP contribution in [0.4, 0.5) is 0 Å². The van der Waals surface area contributed by atoms with E-state index in [1.165, 1.54) is 0 Å². The molecule has 1 saturated heterocycles. The van der Waals surface area contributed by atoms with Gasteiger partial charge in [0, 0.05) is 19.8 Å². The van der Waals surface area contributed by atoms with E-state index in [4.69, 9.17) is 9.31 Å². The first-order valence-electron chi connectivity index (χ1n) is 5.78. The number of hydrogen-bond donors (Lipinski definition) is 0. The van der Waals surface area contributed by atoms with E-state index < -0.39 is 0 Å². The Hall–Kier alpha value is -0.545. The zero-order valence-electron chi connectivity index (χ0n) is 11.1. The molecule has 5 heteroatoms. The van der Waals surface area contributed by atoms with Crippen LogP contribution in [0.15, 0.2) is 5.10 Å². The maximum Gasteiger partial charge on any atom is 0.471 e. The van der Waals surface area contributed by atoms with Gasteiger partial charge < -0.3 is 14.3 Å². The minimum atomic E-state index is -0.268. The smallest absolute Gasteiger partial charge is 0.403 e. The maximum absolute atomic E-state index is 6.06. The van der Waals surface area contributed by atoms with Crippen molar-refractivity contribution in [3.63, 3.8) is 0 Å². The van der Waals surface area contributed by atoms with E-state index in [-0.39, 0.29) is 23.6 Å². The topological polar surface area (TPSA) is 34.1 Å². The molecule has 2 heterocycles. The molecule has 2 rings (SSSR count). The van der Waals surface area contributed by atoms with Crippen LogP contribution in [0.25, 0.3) is 0 Å². The highest BCUT2D eigenvalue weighted by Crippen LogP contribution is 2.45. The Balaban J connectivity index is 2.18. The molecule has 4 nitrogen and oxygen atoms in total. The average molecular weight is 224 g/mol. The number of hydrazone groups is 1. The molecule has 90 valence electrons. The highest BCUT2D eigenvalue weighted by atomic mass is 16.7. The Bertz CT molecular complexity index is 314. The van der Waals surface area contributed by atoms with Gasteiger partial charge in [-0.25, -0.2) is 0 Å². The van der Waals surface area contributed by atoms with Gasteiger partial charge >= 0.3 is 7.12 Å². The van der Waals surface area contributed by atoms with Crippen LogP contribution in [0.3, 0.4) is 0 Å². The van der Waals surface area contributed by atoms with Gasteiger partial charge in [0.1, 0.15) is 0 Å². The minimum absolute atomic E-state index is 0.153. The molecule has 0 radical (unpaired) electrons. The lowest BCUT2D eigenvalue weighted by atomic mass is 9.59. The summed E-state index contributed by atoms with van der Waals surface area (Å²) in [7, 11) is 1.75. The summed E-state index contributed by atoms with van der Waals surface area (Å²) in [6.07, 6.45) is 1.94. The molecule has 0 amide bonds. The van der Waals surface area contributed by atoms with Gasteiger partial charge in [0.25, 0.3) is 0 Å². The van der Waals surface area contributed by atoms with E-state index in [1.807, 2.05) is 18.3 Å². The second-order valence-corrected chi connectivity index (χ2v) is 6.15. The van der Waals surface area contributed by atoms with Gasteiger partial charge in [-0.2, -0.15) is 5.10 Å². The fraction of sp³-hybridized carbons (Fsp3) is 0.909. The highest BCUT2D eigenvalue weighted by Gasteiger charge is 2.58. The number of rotatable bonds is 1. The van der Waals surface area contributed by atoms with Crippen molar-refractivity contribution < 1.29 is 9.31 Å². The molecule has 0 saturated carbocycles. The van der Waals surface area contributed by atoms with Gasteiger partial charge in [0.15, 0.2) is 0 Å². The van der Waals surface area contributed by atoms with Crippen molar-refractivity contribution >= 4 is 13.3 Å². The van der Waals surface area contributed by atoms with Gasteiger partial charge in [-0.05, 0) is 27.7 Å². The standard InChI is InChI=1S/C11H21BN2O2/c1-9(2)10(3,4)16-12(15-9)11(5)7-13-14(6)8-11/h7H,8H2,1-6H3/t11-/m0/s1. The Morgan fingerprint density at radius 1 is 1.12 bits per heavy atom. The van der Waals surface area contributed by atoms with Crippen LogP contribution in [-0.2, 0) is 9.31 Å². The molecule has 0 aromatic rings. The van der Waals surface area contributed by atoms with Crippen molar-refractivity contribution in [3.05, 3.63) is 0 Å². The summed E-state index contributed by atoms with van der Waals surface area (Å²) in [5.74, 6) is 0. The first-order chi connectivity index (χ1) is 7.16. The van der Waals surface area contributed by atoms with Crippen LogP contribution in [0.2, 0.25) is 5.31 Å². The molecule has 0 aliphatic carbocycles. The Kier molecular flexibility index (Phi) is 2.41. The SMILES string of the molecule is CN1C[C@@](C)(B2OC(C)(C)C(C)(C)O2)C=N1. The zero-order valence-corrected chi connectivity index (χ0v) is 11.1. The van der Waals surface area contributed by atoms with E-state index >= 15 is 0 Å². The third-order valence-electron chi connectivity index (χ3n) is 3.91. The predicted molar refractivity (Wildman–Crippen MR) is 65.6 cm³/mol. The normalized spacial score (nSPS) is 36.1. The van der Waals surface area contributed by atoms with Gasteiger partial charge in [-0.1, -0.05) is 6.92 Å². The van der Waals surface area contributed by atoms with Crippen LogP contribution >= 0.6 is 0 Å². The molecule has 2 aliphatic rings. The van der Waals surface area contributed by atoms with Crippen LogP contribution < -0.4 is 0 Å². The molecule has 16 heavy (non-hydrogen) atoms. The van der Waals surface area contributed by atoms with Gasteiger partial charge in [0.2, 0.25) is 0 Å². The highest BCUT2D eigenvalue weighted by molar-refractivity contribution is 6.54. The second-order valence-electron chi connectivity index (χ2n) is 6.15. The monoisotopic (exact) mass is 224 g/mol. The summed E-state index contributed by atoms with van der Waals surface area (Å²) in [6.45, 7) is 11.3. The number of nitrogens with zero attached hydrogens (tertiary/aromatic N) is 2. The van der Waals surface area contributed by atoms with E-state index in [1.54, 1.807) is 0 Å². The van der Waals surface area contributed by atoms with Crippen LogP contribution in [0.5, 0.6) is 0 Å². The fourth-order valence-electron chi connectivity index (χ4n) is 2.05. The third kappa shape index (κ3) is 1.66. The molecule has 1 fully saturated rings. The Morgan fingerprint density at radius 3 is 2.00 bits per heavy atom. The lowest BCUT2D eigenvalue weighted by molar-refractivity contribution is 0.00578. The maximum atomic E-state index is 6.06. The molecule has 0 aromatic heterocycles. The first kappa shape index (κ1) is 11.9. The number of hydrogen-bond acceptors (Lipinski definition) is 4. The summed E-state index contributed by atoms with van der Waals surface area (Å²) in [5.41, 5.74) is -0.536. The Morgan fingerprint density at radius 2 is 1.62 bits per heavy atom. The van der Waals surface area contributed by atoms with E-state index in [0.717, 1.165) is 6.54 Å². The Labute approximate surface area is 98.1 Å². The van der Waals surface area contributed by atoms with Crippen LogP contribution in [0.1, 0.15) is 34.6 Å². The molecule has 0 bridgehead atoms. The van der Waals surface area contributed by atoms with Crippen molar-refractivity contribution in [3.8, 4) is 0 Å². The second kappa shape index (κ2) is 3.23. The molecular weight excluding hydrogens is 203 g/mol. The summed E-state index contributed by atoms with van der Waals surface area (Å²) < 4.78 is 12.1. The van der Waals surface area contributed by atoms with Crippen LogP contribution in [-0.4, -0.2) is 43.1 Å². The van der Waals surface area contributed by atoms with E-state index in [9.17, 15) is 0 Å². The summed E-state index contributed by atoms with van der Waals surface area (Å²) in [4.78, 5) is 0. The van der Waals surface area contributed by atoms with E-state index in [2.05, 4.69) is 39.7 Å². The lowest BCUT2D eigenvalue weighted by Gasteiger charge is -2.32. The summed E-state index contributed by atoms with van der Waals surface area (Å²) >= 11 is 0. The molecule has 0 spiro atoms.